The molecule has 2 N–H and O–H groups in total. The van der Waals surface area contributed by atoms with E-state index in [1.165, 1.54) is 6.42 Å². The fraction of sp³-hybridized carbons (Fsp3) is 0.633. The first-order chi connectivity index (χ1) is 18.5. The van der Waals surface area contributed by atoms with Crippen LogP contribution in [0.1, 0.15) is 71.6 Å². The number of carbonyl (C=O) groups is 3. The van der Waals surface area contributed by atoms with Crippen LogP contribution in [0.3, 0.4) is 0 Å². The lowest BCUT2D eigenvalue weighted by Crippen LogP contribution is -2.56. The van der Waals surface area contributed by atoms with Crippen LogP contribution in [0.25, 0.3) is 0 Å². The Kier molecular flexibility index (Phi) is 8.07. The SMILES string of the molecule is CCCCCCN1C(=O)[C@H]2[C@H](C(=O)Nc3ccc(OCC)cc3)[C@H]3C=C[C@@]2(O3)[C@H]1C(=O)NC1CCCCC1. The molecule has 2 saturated heterocycles. The van der Waals surface area contributed by atoms with Crippen LogP contribution >= 0.6 is 0 Å². The summed E-state index contributed by atoms with van der Waals surface area (Å²) in [5.41, 5.74) is -0.473. The van der Waals surface area contributed by atoms with Gasteiger partial charge in [-0.3, -0.25) is 14.4 Å². The second-order valence-electron chi connectivity index (χ2n) is 11.1. The topological polar surface area (TPSA) is 97.0 Å². The molecular formula is C30H41N3O5. The number of amides is 3. The lowest BCUT2D eigenvalue weighted by Gasteiger charge is -2.34. The molecule has 1 aromatic carbocycles. The number of anilines is 1. The van der Waals surface area contributed by atoms with Crippen molar-refractivity contribution in [2.75, 3.05) is 18.5 Å². The maximum atomic E-state index is 14.0. The van der Waals surface area contributed by atoms with E-state index in [4.69, 9.17) is 9.47 Å². The Labute approximate surface area is 225 Å². The summed E-state index contributed by atoms with van der Waals surface area (Å²) in [6.07, 6.45) is 12.6. The fourth-order valence-corrected chi connectivity index (χ4v) is 6.77. The summed E-state index contributed by atoms with van der Waals surface area (Å²) in [5, 5.41) is 6.22. The van der Waals surface area contributed by atoms with Crippen molar-refractivity contribution < 1.29 is 23.9 Å². The Morgan fingerprint density at radius 3 is 2.53 bits per heavy atom. The largest absolute Gasteiger partial charge is 0.494 e. The van der Waals surface area contributed by atoms with Crippen LogP contribution in [0.15, 0.2) is 36.4 Å². The van der Waals surface area contributed by atoms with Crippen molar-refractivity contribution in [3.63, 3.8) is 0 Å². The molecule has 1 aromatic rings. The van der Waals surface area contributed by atoms with E-state index in [2.05, 4.69) is 17.6 Å². The highest BCUT2D eigenvalue weighted by molar-refractivity contribution is 6.02. The molecule has 38 heavy (non-hydrogen) atoms. The summed E-state index contributed by atoms with van der Waals surface area (Å²) in [7, 11) is 0. The zero-order valence-electron chi connectivity index (χ0n) is 22.6. The standard InChI is InChI=1S/C30H41N3O5/c1-3-5-6-10-19-33-26(28(35)32-20-11-8-7-9-12-20)30-18-17-23(38-30)24(25(30)29(33)36)27(34)31-21-13-15-22(16-14-21)37-4-2/h13-18,20,23-26H,3-12,19H2,1-2H3,(H,31,34)(H,32,35)/t23-,24-,25-,26-,30+/m1/s1. The van der Waals surface area contributed by atoms with Crippen LogP contribution in [0.5, 0.6) is 5.75 Å². The summed E-state index contributed by atoms with van der Waals surface area (Å²) in [4.78, 5) is 43.0. The molecule has 8 heteroatoms. The van der Waals surface area contributed by atoms with Crippen molar-refractivity contribution in [3.8, 4) is 5.75 Å². The Morgan fingerprint density at radius 2 is 1.82 bits per heavy atom. The van der Waals surface area contributed by atoms with Gasteiger partial charge in [-0.2, -0.15) is 0 Å². The Balaban J connectivity index is 1.37. The van der Waals surface area contributed by atoms with Crippen LogP contribution < -0.4 is 15.4 Å². The smallest absolute Gasteiger partial charge is 0.246 e. The quantitative estimate of drug-likeness (QED) is 0.335. The zero-order valence-corrected chi connectivity index (χ0v) is 22.6. The number of ether oxygens (including phenoxy) is 2. The number of nitrogens with zero attached hydrogens (tertiary/aromatic N) is 1. The van der Waals surface area contributed by atoms with Gasteiger partial charge in [0.05, 0.1) is 24.5 Å². The van der Waals surface area contributed by atoms with Crippen LogP contribution in [0.2, 0.25) is 0 Å². The number of likely N-dealkylation sites (tertiary alicyclic amines) is 1. The highest BCUT2D eigenvalue weighted by atomic mass is 16.5. The molecule has 2 bridgehead atoms. The summed E-state index contributed by atoms with van der Waals surface area (Å²) >= 11 is 0. The van der Waals surface area contributed by atoms with Crippen molar-refractivity contribution in [2.24, 2.45) is 11.8 Å². The average molecular weight is 524 g/mol. The van der Waals surface area contributed by atoms with Gasteiger partial charge in [0.15, 0.2) is 0 Å². The average Bonchev–Trinajstić information content (AvgIpc) is 3.56. The van der Waals surface area contributed by atoms with Crippen LogP contribution in [-0.2, 0) is 19.1 Å². The predicted molar refractivity (Wildman–Crippen MR) is 145 cm³/mol. The highest BCUT2D eigenvalue weighted by Gasteiger charge is 2.72. The molecule has 4 aliphatic rings. The van der Waals surface area contributed by atoms with E-state index in [0.717, 1.165) is 57.1 Å². The van der Waals surface area contributed by atoms with E-state index in [-0.39, 0.29) is 23.8 Å². The zero-order chi connectivity index (χ0) is 26.7. The monoisotopic (exact) mass is 523 g/mol. The lowest BCUT2D eigenvalue weighted by atomic mass is 9.74. The van der Waals surface area contributed by atoms with E-state index >= 15 is 0 Å². The molecule has 8 nitrogen and oxygen atoms in total. The Morgan fingerprint density at radius 1 is 1.05 bits per heavy atom. The highest BCUT2D eigenvalue weighted by Crippen LogP contribution is 2.55. The maximum absolute atomic E-state index is 14.0. The van der Waals surface area contributed by atoms with E-state index in [9.17, 15) is 14.4 Å². The molecule has 0 unspecified atom stereocenters. The molecule has 0 radical (unpaired) electrons. The first-order valence-electron chi connectivity index (χ1n) is 14.5. The molecule has 3 aliphatic heterocycles. The Hall–Kier alpha value is -2.87. The number of unbranched alkanes of at least 4 members (excludes halogenated alkanes) is 3. The molecule has 3 fully saturated rings. The number of nitrogens with one attached hydrogen (secondary N) is 2. The molecule has 206 valence electrons. The number of hydrogen-bond donors (Lipinski definition) is 2. The predicted octanol–water partition coefficient (Wildman–Crippen LogP) is 4.20. The molecule has 5 rings (SSSR count). The molecular weight excluding hydrogens is 482 g/mol. The van der Waals surface area contributed by atoms with E-state index in [1.807, 2.05) is 31.2 Å². The van der Waals surface area contributed by atoms with Crippen molar-refractivity contribution >= 4 is 23.4 Å². The molecule has 1 saturated carbocycles. The third kappa shape index (κ3) is 4.95. The molecule has 1 aliphatic carbocycles. The lowest BCUT2D eigenvalue weighted by molar-refractivity contribution is -0.141. The van der Waals surface area contributed by atoms with Crippen molar-refractivity contribution in [2.45, 2.75) is 95.4 Å². The van der Waals surface area contributed by atoms with Gasteiger partial charge in [-0.1, -0.05) is 57.6 Å². The van der Waals surface area contributed by atoms with Crippen molar-refractivity contribution in [3.05, 3.63) is 36.4 Å². The molecule has 5 atom stereocenters. The van der Waals surface area contributed by atoms with Crippen molar-refractivity contribution in [1.29, 1.82) is 0 Å². The summed E-state index contributed by atoms with van der Waals surface area (Å²) in [6.45, 7) is 5.13. The van der Waals surface area contributed by atoms with Crippen LogP contribution in [0, 0.1) is 11.8 Å². The van der Waals surface area contributed by atoms with Gasteiger partial charge < -0.3 is 25.0 Å². The molecule has 3 heterocycles. The van der Waals surface area contributed by atoms with E-state index < -0.39 is 29.6 Å². The number of hydrogen-bond acceptors (Lipinski definition) is 5. The van der Waals surface area contributed by atoms with Crippen LogP contribution in [0.4, 0.5) is 5.69 Å². The minimum Gasteiger partial charge on any atom is -0.494 e. The normalized spacial score (nSPS) is 29.9. The number of carbonyl (C=O) groups excluding carboxylic acids is 3. The number of benzene rings is 1. The van der Waals surface area contributed by atoms with Crippen molar-refractivity contribution in [1.82, 2.24) is 10.2 Å². The van der Waals surface area contributed by atoms with Gasteiger partial charge in [0, 0.05) is 18.3 Å². The summed E-state index contributed by atoms with van der Waals surface area (Å²) in [6, 6.07) is 6.57. The first-order valence-corrected chi connectivity index (χ1v) is 14.5. The van der Waals surface area contributed by atoms with E-state index in [1.54, 1.807) is 17.0 Å². The third-order valence-corrected chi connectivity index (χ3v) is 8.56. The van der Waals surface area contributed by atoms with Gasteiger partial charge in [0.1, 0.15) is 17.4 Å². The second kappa shape index (κ2) is 11.5. The number of rotatable bonds is 11. The van der Waals surface area contributed by atoms with Gasteiger partial charge in [-0.25, -0.2) is 0 Å². The number of fused-ring (bicyclic) bond motifs is 1. The summed E-state index contributed by atoms with van der Waals surface area (Å²) < 4.78 is 11.9. The molecule has 0 aromatic heterocycles. The molecule has 3 amide bonds. The van der Waals surface area contributed by atoms with Gasteiger partial charge in [-0.05, 0) is 50.5 Å². The fourth-order valence-electron chi connectivity index (χ4n) is 6.77. The van der Waals surface area contributed by atoms with Gasteiger partial charge >= 0.3 is 0 Å². The Bertz CT molecular complexity index is 1050. The van der Waals surface area contributed by atoms with Gasteiger partial charge in [0.2, 0.25) is 17.7 Å². The minimum absolute atomic E-state index is 0.130. The van der Waals surface area contributed by atoms with Gasteiger partial charge in [-0.15, -0.1) is 0 Å². The summed E-state index contributed by atoms with van der Waals surface area (Å²) in [5.74, 6) is -1.24. The van der Waals surface area contributed by atoms with Crippen LogP contribution in [-0.4, -0.2) is 59.6 Å². The second-order valence-corrected chi connectivity index (χ2v) is 11.1. The minimum atomic E-state index is -1.11. The molecule has 1 spiro atoms. The first kappa shape index (κ1) is 26.7. The maximum Gasteiger partial charge on any atom is 0.246 e. The van der Waals surface area contributed by atoms with Gasteiger partial charge in [0.25, 0.3) is 0 Å². The van der Waals surface area contributed by atoms with E-state index in [0.29, 0.717) is 18.8 Å². The third-order valence-electron chi connectivity index (χ3n) is 8.56.